The summed E-state index contributed by atoms with van der Waals surface area (Å²) in [5, 5.41) is 3.76. The quantitative estimate of drug-likeness (QED) is 0.771. The lowest BCUT2D eigenvalue weighted by atomic mass is 10.1. The Morgan fingerprint density at radius 1 is 1.25 bits per heavy atom. The van der Waals surface area contributed by atoms with Crippen LogP contribution in [-0.4, -0.2) is 49.8 Å². The van der Waals surface area contributed by atoms with Crippen LogP contribution in [0.1, 0.15) is 39.0 Å². The van der Waals surface area contributed by atoms with Crippen molar-refractivity contribution >= 4 is 0 Å². The summed E-state index contributed by atoms with van der Waals surface area (Å²) < 4.78 is 5.36. The third kappa shape index (κ3) is 4.04. The third-order valence-corrected chi connectivity index (χ3v) is 3.86. The third-order valence-electron chi connectivity index (χ3n) is 3.86. The Hall–Kier alpha value is -0.120. The summed E-state index contributed by atoms with van der Waals surface area (Å²) in [7, 11) is 0. The van der Waals surface area contributed by atoms with Crippen LogP contribution in [0.25, 0.3) is 0 Å². The van der Waals surface area contributed by atoms with Crippen molar-refractivity contribution in [3.63, 3.8) is 0 Å². The second-order valence-electron chi connectivity index (χ2n) is 5.29. The molecule has 0 bridgehead atoms. The van der Waals surface area contributed by atoms with Crippen molar-refractivity contribution < 1.29 is 4.74 Å². The van der Waals surface area contributed by atoms with Gasteiger partial charge in [0, 0.05) is 25.2 Å². The van der Waals surface area contributed by atoms with E-state index in [1.165, 1.54) is 38.6 Å². The summed E-state index contributed by atoms with van der Waals surface area (Å²) in [5.41, 5.74) is 0. The molecule has 2 fully saturated rings. The Balaban J connectivity index is 1.57. The predicted molar refractivity (Wildman–Crippen MR) is 66.7 cm³/mol. The molecule has 1 unspecified atom stereocenters. The molecule has 1 aliphatic heterocycles. The SMILES string of the molecule is CC(CCN1CCOCC1)NC1CCCC1. The summed E-state index contributed by atoms with van der Waals surface area (Å²) >= 11 is 0. The molecule has 0 radical (unpaired) electrons. The van der Waals surface area contributed by atoms with E-state index in [-0.39, 0.29) is 0 Å². The average Bonchev–Trinajstić information content (AvgIpc) is 2.81. The maximum absolute atomic E-state index is 5.36. The number of ether oxygens (including phenoxy) is 1. The fourth-order valence-corrected chi connectivity index (χ4v) is 2.78. The van der Waals surface area contributed by atoms with E-state index in [2.05, 4.69) is 17.1 Å². The van der Waals surface area contributed by atoms with Crippen LogP contribution in [0.2, 0.25) is 0 Å². The Morgan fingerprint density at radius 2 is 1.94 bits per heavy atom. The first kappa shape index (κ1) is 12.3. The van der Waals surface area contributed by atoms with Crippen molar-refractivity contribution in [2.75, 3.05) is 32.8 Å². The highest BCUT2D eigenvalue weighted by Crippen LogP contribution is 2.18. The van der Waals surface area contributed by atoms with Crippen LogP contribution in [0.5, 0.6) is 0 Å². The molecule has 2 rings (SSSR count). The van der Waals surface area contributed by atoms with Crippen molar-refractivity contribution in [1.29, 1.82) is 0 Å². The lowest BCUT2D eigenvalue weighted by molar-refractivity contribution is 0.0362. The van der Waals surface area contributed by atoms with E-state index in [0.29, 0.717) is 6.04 Å². The fraction of sp³-hybridized carbons (Fsp3) is 1.00. The van der Waals surface area contributed by atoms with Gasteiger partial charge in [-0.3, -0.25) is 4.90 Å². The van der Waals surface area contributed by atoms with Crippen molar-refractivity contribution in [2.45, 2.75) is 51.1 Å². The van der Waals surface area contributed by atoms with E-state index in [4.69, 9.17) is 4.74 Å². The van der Waals surface area contributed by atoms with Crippen molar-refractivity contribution in [3.05, 3.63) is 0 Å². The zero-order valence-electron chi connectivity index (χ0n) is 10.6. The molecule has 1 atom stereocenters. The largest absolute Gasteiger partial charge is 0.379 e. The molecule has 3 nitrogen and oxygen atoms in total. The molecule has 1 aliphatic carbocycles. The second kappa shape index (κ2) is 6.58. The van der Waals surface area contributed by atoms with Crippen molar-refractivity contribution in [3.8, 4) is 0 Å². The Bertz CT molecular complexity index is 186. The van der Waals surface area contributed by atoms with E-state index in [1.54, 1.807) is 0 Å². The van der Waals surface area contributed by atoms with Gasteiger partial charge >= 0.3 is 0 Å². The minimum atomic E-state index is 0.672. The van der Waals surface area contributed by atoms with Crippen LogP contribution < -0.4 is 5.32 Å². The lowest BCUT2D eigenvalue weighted by Crippen LogP contribution is -2.41. The maximum Gasteiger partial charge on any atom is 0.0594 e. The van der Waals surface area contributed by atoms with Crippen LogP contribution in [0, 0.1) is 0 Å². The molecule has 16 heavy (non-hydrogen) atoms. The molecule has 2 aliphatic rings. The molecule has 0 aromatic heterocycles. The normalized spacial score (nSPS) is 26.1. The Morgan fingerprint density at radius 3 is 2.62 bits per heavy atom. The number of hydrogen-bond acceptors (Lipinski definition) is 3. The van der Waals surface area contributed by atoms with Gasteiger partial charge in [0.1, 0.15) is 0 Å². The monoisotopic (exact) mass is 226 g/mol. The van der Waals surface area contributed by atoms with Crippen molar-refractivity contribution in [1.82, 2.24) is 10.2 Å². The molecule has 1 saturated heterocycles. The molecule has 1 heterocycles. The standard InChI is InChI=1S/C13H26N2O/c1-12(14-13-4-2-3-5-13)6-7-15-8-10-16-11-9-15/h12-14H,2-11H2,1H3. The van der Waals surface area contributed by atoms with Gasteiger partial charge in [-0.25, -0.2) is 0 Å². The van der Waals surface area contributed by atoms with Crippen LogP contribution in [0.4, 0.5) is 0 Å². The van der Waals surface area contributed by atoms with Gasteiger partial charge in [-0.05, 0) is 32.7 Å². The number of morpholine rings is 1. The summed E-state index contributed by atoms with van der Waals surface area (Å²) in [6.45, 7) is 7.64. The number of nitrogens with one attached hydrogen (secondary N) is 1. The van der Waals surface area contributed by atoms with Gasteiger partial charge in [0.05, 0.1) is 13.2 Å². The summed E-state index contributed by atoms with van der Waals surface area (Å²) in [6, 6.07) is 1.48. The minimum Gasteiger partial charge on any atom is -0.379 e. The summed E-state index contributed by atoms with van der Waals surface area (Å²) in [6.07, 6.45) is 6.90. The lowest BCUT2D eigenvalue weighted by Gasteiger charge is -2.28. The van der Waals surface area contributed by atoms with Crippen molar-refractivity contribution in [2.24, 2.45) is 0 Å². The highest BCUT2D eigenvalue weighted by atomic mass is 16.5. The first-order valence-electron chi connectivity index (χ1n) is 6.91. The van der Waals surface area contributed by atoms with Crippen LogP contribution in [0.15, 0.2) is 0 Å². The molecular weight excluding hydrogens is 200 g/mol. The number of rotatable bonds is 5. The van der Waals surface area contributed by atoms with E-state index >= 15 is 0 Å². The van der Waals surface area contributed by atoms with E-state index in [1.807, 2.05) is 0 Å². The van der Waals surface area contributed by atoms with E-state index in [0.717, 1.165) is 32.3 Å². The van der Waals surface area contributed by atoms with Gasteiger partial charge in [-0.1, -0.05) is 12.8 Å². The molecular formula is C13H26N2O. The first-order valence-corrected chi connectivity index (χ1v) is 6.91. The van der Waals surface area contributed by atoms with Gasteiger partial charge in [0.2, 0.25) is 0 Å². The molecule has 0 aromatic carbocycles. The second-order valence-corrected chi connectivity index (χ2v) is 5.29. The Labute approximate surface area is 99.5 Å². The molecule has 1 N–H and O–H groups in total. The molecule has 0 amide bonds. The molecule has 3 heteroatoms. The zero-order chi connectivity index (χ0) is 11.2. The summed E-state index contributed by atoms with van der Waals surface area (Å²) in [5.74, 6) is 0. The minimum absolute atomic E-state index is 0.672. The highest BCUT2D eigenvalue weighted by molar-refractivity contribution is 4.77. The van der Waals surface area contributed by atoms with Crippen LogP contribution >= 0.6 is 0 Å². The number of hydrogen-bond donors (Lipinski definition) is 1. The molecule has 94 valence electrons. The van der Waals surface area contributed by atoms with Crippen LogP contribution in [0.3, 0.4) is 0 Å². The number of nitrogens with zero attached hydrogens (tertiary/aromatic N) is 1. The molecule has 0 spiro atoms. The zero-order valence-corrected chi connectivity index (χ0v) is 10.6. The molecule has 0 aromatic rings. The smallest absolute Gasteiger partial charge is 0.0594 e. The summed E-state index contributed by atoms with van der Waals surface area (Å²) in [4.78, 5) is 2.52. The van der Waals surface area contributed by atoms with E-state index < -0.39 is 0 Å². The highest BCUT2D eigenvalue weighted by Gasteiger charge is 2.17. The maximum atomic E-state index is 5.36. The molecule has 1 saturated carbocycles. The van der Waals surface area contributed by atoms with Crippen LogP contribution in [-0.2, 0) is 4.74 Å². The predicted octanol–water partition coefficient (Wildman–Crippen LogP) is 1.63. The Kier molecular flexibility index (Phi) is 5.07. The topological polar surface area (TPSA) is 24.5 Å². The van der Waals surface area contributed by atoms with Gasteiger partial charge in [-0.2, -0.15) is 0 Å². The van der Waals surface area contributed by atoms with Gasteiger partial charge in [0.15, 0.2) is 0 Å². The first-order chi connectivity index (χ1) is 7.84. The fourth-order valence-electron chi connectivity index (χ4n) is 2.78. The average molecular weight is 226 g/mol. The van der Waals surface area contributed by atoms with Gasteiger partial charge in [0.25, 0.3) is 0 Å². The van der Waals surface area contributed by atoms with E-state index in [9.17, 15) is 0 Å². The van der Waals surface area contributed by atoms with Gasteiger partial charge < -0.3 is 10.1 Å². The van der Waals surface area contributed by atoms with Gasteiger partial charge in [-0.15, -0.1) is 0 Å².